The number of nitrogens with zero attached hydrogens (tertiary/aromatic N) is 4. The Kier molecular flexibility index (Phi) is 7.14. The van der Waals surface area contributed by atoms with Crippen molar-refractivity contribution in [2.75, 3.05) is 32.7 Å². The molecule has 2 heterocycles. The molecule has 0 N–H and O–H groups in total. The minimum Gasteiger partial charge on any atom is -0.340 e. The van der Waals surface area contributed by atoms with Crippen molar-refractivity contribution in [1.82, 2.24) is 19.7 Å². The van der Waals surface area contributed by atoms with Gasteiger partial charge in [0.15, 0.2) is 0 Å². The van der Waals surface area contributed by atoms with Gasteiger partial charge in [0, 0.05) is 71.6 Å². The summed E-state index contributed by atoms with van der Waals surface area (Å²) in [7, 11) is 0. The smallest absolute Gasteiger partial charge is 0.224 e. The second-order valence-electron chi connectivity index (χ2n) is 7.19. The molecule has 0 unspecified atom stereocenters. The van der Waals surface area contributed by atoms with Gasteiger partial charge in [-0.05, 0) is 23.3 Å². The third kappa shape index (κ3) is 5.89. The molecule has 0 aliphatic carbocycles. The summed E-state index contributed by atoms with van der Waals surface area (Å²) >= 11 is 0. The molecular weight excluding hydrogens is 352 g/mol. The van der Waals surface area contributed by atoms with E-state index in [0.29, 0.717) is 19.5 Å². The third-order valence-electron chi connectivity index (χ3n) is 5.14. The number of benzene rings is 1. The zero-order chi connectivity index (χ0) is 19.8. The highest BCUT2D eigenvalue weighted by Gasteiger charge is 2.22. The van der Waals surface area contributed by atoms with E-state index in [2.05, 4.69) is 34.1 Å². The Bertz CT molecular complexity index is 759. The fraction of sp³-hybridized carbons (Fsp3) is 0.409. The Balaban J connectivity index is 1.43. The Labute approximate surface area is 166 Å². The predicted molar refractivity (Wildman–Crippen MR) is 108 cm³/mol. The molecule has 0 radical (unpaired) electrons. The molecule has 148 valence electrons. The van der Waals surface area contributed by atoms with Crippen LogP contribution < -0.4 is 0 Å². The van der Waals surface area contributed by atoms with Gasteiger partial charge in [0.25, 0.3) is 0 Å². The van der Waals surface area contributed by atoms with Crippen molar-refractivity contribution < 1.29 is 9.59 Å². The number of hydrogen-bond donors (Lipinski definition) is 0. The fourth-order valence-electron chi connectivity index (χ4n) is 3.44. The predicted octanol–water partition coefficient (Wildman–Crippen LogP) is 2.16. The van der Waals surface area contributed by atoms with Crippen LogP contribution in [-0.2, 0) is 22.7 Å². The van der Waals surface area contributed by atoms with Gasteiger partial charge in [0.1, 0.15) is 0 Å². The second-order valence-corrected chi connectivity index (χ2v) is 7.19. The van der Waals surface area contributed by atoms with E-state index in [-0.39, 0.29) is 11.8 Å². The molecule has 28 heavy (non-hydrogen) atoms. The largest absolute Gasteiger partial charge is 0.340 e. The maximum absolute atomic E-state index is 12.6. The highest BCUT2D eigenvalue weighted by Crippen LogP contribution is 2.10. The lowest BCUT2D eigenvalue weighted by Gasteiger charge is -2.35. The van der Waals surface area contributed by atoms with E-state index in [9.17, 15) is 9.59 Å². The first-order valence-electron chi connectivity index (χ1n) is 9.80. The van der Waals surface area contributed by atoms with Crippen LogP contribution >= 0.6 is 0 Å². The molecule has 6 nitrogen and oxygen atoms in total. The van der Waals surface area contributed by atoms with Gasteiger partial charge in [-0.1, -0.05) is 30.3 Å². The first kappa shape index (κ1) is 20.0. The molecule has 3 rings (SSSR count). The maximum atomic E-state index is 12.6. The standard InChI is InChI=1S/C22H28N4O2/c1-19(27)26(18-21-7-10-23-11-8-21)12-9-22(28)25-15-13-24(14-16-25)17-20-5-3-2-4-6-20/h2-8,10-11H,9,12-18H2,1H3. The van der Waals surface area contributed by atoms with Crippen LogP contribution in [0.5, 0.6) is 0 Å². The summed E-state index contributed by atoms with van der Waals surface area (Å²) in [5.74, 6) is 0.109. The van der Waals surface area contributed by atoms with Gasteiger partial charge >= 0.3 is 0 Å². The summed E-state index contributed by atoms with van der Waals surface area (Å²) in [4.78, 5) is 34.6. The third-order valence-corrected chi connectivity index (χ3v) is 5.14. The summed E-state index contributed by atoms with van der Waals surface area (Å²) in [6.45, 7) is 6.69. The van der Waals surface area contributed by atoms with E-state index in [1.807, 2.05) is 23.1 Å². The topological polar surface area (TPSA) is 56.8 Å². The summed E-state index contributed by atoms with van der Waals surface area (Å²) in [6.07, 6.45) is 3.80. The lowest BCUT2D eigenvalue weighted by Crippen LogP contribution is -2.48. The van der Waals surface area contributed by atoms with Crippen LogP contribution in [0.1, 0.15) is 24.5 Å². The van der Waals surface area contributed by atoms with Crippen molar-refractivity contribution >= 4 is 11.8 Å². The molecule has 1 aliphatic rings. The van der Waals surface area contributed by atoms with E-state index >= 15 is 0 Å². The number of pyridine rings is 1. The average Bonchev–Trinajstić information content (AvgIpc) is 2.73. The van der Waals surface area contributed by atoms with Gasteiger partial charge in [-0.3, -0.25) is 19.5 Å². The quantitative estimate of drug-likeness (QED) is 0.739. The van der Waals surface area contributed by atoms with Crippen LogP contribution in [0, 0.1) is 0 Å². The average molecular weight is 380 g/mol. The number of aromatic nitrogens is 1. The summed E-state index contributed by atoms with van der Waals surface area (Å²) in [6, 6.07) is 14.2. The van der Waals surface area contributed by atoms with E-state index < -0.39 is 0 Å². The van der Waals surface area contributed by atoms with E-state index in [4.69, 9.17) is 0 Å². The van der Waals surface area contributed by atoms with Crippen molar-refractivity contribution in [3.8, 4) is 0 Å². The Morgan fingerprint density at radius 3 is 2.29 bits per heavy atom. The number of rotatable bonds is 7. The Morgan fingerprint density at radius 1 is 0.964 bits per heavy atom. The van der Waals surface area contributed by atoms with Gasteiger partial charge in [0.2, 0.25) is 11.8 Å². The number of piperazine rings is 1. The highest BCUT2D eigenvalue weighted by atomic mass is 16.2. The number of amides is 2. The monoisotopic (exact) mass is 380 g/mol. The molecule has 1 aromatic carbocycles. The van der Waals surface area contributed by atoms with E-state index in [0.717, 1.165) is 38.3 Å². The molecular formula is C22H28N4O2. The van der Waals surface area contributed by atoms with Crippen LogP contribution in [0.25, 0.3) is 0 Å². The van der Waals surface area contributed by atoms with Gasteiger partial charge in [0.05, 0.1) is 0 Å². The number of carbonyl (C=O) groups is 2. The van der Waals surface area contributed by atoms with Crippen LogP contribution in [0.2, 0.25) is 0 Å². The lowest BCUT2D eigenvalue weighted by atomic mass is 10.2. The Morgan fingerprint density at radius 2 is 1.64 bits per heavy atom. The molecule has 0 atom stereocenters. The molecule has 1 aromatic heterocycles. The number of carbonyl (C=O) groups excluding carboxylic acids is 2. The summed E-state index contributed by atoms with van der Waals surface area (Å²) < 4.78 is 0. The van der Waals surface area contributed by atoms with Gasteiger partial charge in [-0.2, -0.15) is 0 Å². The zero-order valence-corrected chi connectivity index (χ0v) is 16.5. The zero-order valence-electron chi connectivity index (χ0n) is 16.5. The van der Waals surface area contributed by atoms with Crippen LogP contribution in [0.4, 0.5) is 0 Å². The number of hydrogen-bond acceptors (Lipinski definition) is 4. The molecule has 1 saturated heterocycles. The molecule has 1 aliphatic heterocycles. The minimum atomic E-state index is -0.0164. The summed E-state index contributed by atoms with van der Waals surface area (Å²) in [5, 5.41) is 0. The van der Waals surface area contributed by atoms with Gasteiger partial charge in [-0.25, -0.2) is 0 Å². The first-order chi connectivity index (χ1) is 13.6. The molecule has 0 bridgehead atoms. The molecule has 0 spiro atoms. The van der Waals surface area contributed by atoms with Crippen molar-refractivity contribution in [1.29, 1.82) is 0 Å². The first-order valence-corrected chi connectivity index (χ1v) is 9.80. The molecule has 2 amide bonds. The van der Waals surface area contributed by atoms with Gasteiger partial charge < -0.3 is 9.80 Å². The van der Waals surface area contributed by atoms with Crippen molar-refractivity contribution in [3.05, 3.63) is 66.0 Å². The fourth-order valence-corrected chi connectivity index (χ4v) is 3.44. The van der Waals surface area contributed by atoms with Gasteiger partial charge in [-0.15, -0.1) is 0 Å². The van der Waals surface area contributed by atoms with Crippen molar-refractivity contribution in [2.45, 2.75) is 26.4 Å². The normalized spacial score (nSPS) is 14.7. The lowest BCUT2D eigenvalue weighted by molar-refractivity contribution is -0.135. The minimum absolute atomic E-state index is 0.0164. The second kappa shape index (κ2) is 9.99. The van der Waals surface area contributed by atoms with Crippen LogP contribution in [-0.4, -0.2) is 64.2 Å². The van der Waals surface area contributed by atoms with Crippen molar-refractivity contribution in [3.63, 3.8) is 0 Å². The van der Waals surface area contributed by atoms with E-state index in [1.54, 1.807) is 24.2 Å². The molecule has 6 heteroatoms. The molecule has 0 saturated carbocycles. The molecule has 2 aromatic rings. The highest BCUT2D eigenvalue weighted by molar-refractivity contribution is 5.78. The maximum Gasteiger partial charge on any atom is 0.224 e. The van der Waals surface area contributed by atoms with Crippen molar-refractivity contribution in [2.24, 2.45) is 0 Å². The Hall–Kier alpha value is -2.73. The molecule has 1 fully saturated rings. The van der Waals surface area contributed by atoms with Crippen LogP contribution in [0.3, 0.4) is 0 Å². The SMILES string of the molecule is CC(=O)N(CCC(=O)N1CCN(Cc2ccccc2)CC1)Cc1ccncc1. The van der Waals surface area contributed by atoms with E-state index in [1.165, 1.54) is 5.56 Å². The summed E-state index contributed by atoms with van der Waals surface area (Å²) in [5.41, 5.74) is 2.32. The van der Waals surface area contributed by atoms with Crippen LogP contribution in [0.15, 0.2) is 54.9 Å².